The van der Waals surface area contributed by atoms with Gasteiger partial charge in [-0.2, -0.15) is 0 Å². The summed E-state index contributed by atoms with van der Waals surface area (Å²) in [5, 5.41) is 10.7. The van der Waals surface area contributed by atoms with Gasteiger partial charge in [0.1, 0.15) is 5.01 Å². The number of aromatic nitrogens is 2. The van der Waals surface area contributed by atoms with Crippen LogP contribution in [0.3, 0.4) is 0 Å². The van der Waals surface area contributed by atoms with E-state index in [0.29, 0.717) is 0 Å². The van der Waals surface area contributed by atoms with Crippen LogP contribution < -0.4 is 4.90 Å². The third kappa shape index (κ3) is 3.31. The molecule has 0 aliphatic carbocycles. The Hall–Kier alpha value is -0.680. The molecule has 0 bridgehead atoms. The lowest BCUT2D eigenvalue weighted by atomic mass is 9.95. The lowest BCUT2D eigenvalue weighted by Crippen LogP contribution is -2.45. The van der Waals surface area contributed by atoms with Crippen molar-refractivity contribution >= 4 is 16.5 Å². The molecule has 4 nitrogen and oxygen atoms in total. The fraction of sp³-hybridized carbons (Fsp3) is 0.867. The molecule has 0 amide bonds. The topological polar surface area (TPSA) is 32.3 Å². The summed E-state index contributed by atoms with van der Waals surface area (Å²) in [6, 6.07) is 0.780. The smallest absolute Gasteiger partial charge is 0.208 e. The van der Waals surface area contributed by atoms with E-state index in [4.69, 9.17) is 0 Å². The van der Waals surface area contributed by atoms with E-state index in [1.807, 2.05) is 6.92 Å². The Kier molecular flexibility index (Phi) is 4.56. The van der Waals surface area contributed by atoms with Crippen molar-refractivity contribution in [2.75, 3.05) is 31.1 Å². The molecule has 5 heteroatoms. The molecule has 0 aromatic carbocycles. The van der Waals surface area contributed by atoms with Crippen LogP contribution in [-0.2, 0) is 0 Å². The first-order valence-electron chi connectivity index (χ1n) is 8.01. The van der Waals surface area contributed by atoms with Gasteiger partial charge in [0.2, 0.25) is 5.13 Å². The van der Waals surface area contributed by atoms with Gasteiger partial charge in [0.25, 0.3) is 0 Å². The van der Waals surface area contributed by atoms with Crippen LogP contribution in [0.2, 0.25) is 0 Å². The minimum atomic E-state index is 0.780. The second-order valence-electron chi connectivity index (χ2n) is 6.40. The summed E-state index contributed by atoms with van der Waals surface area (Å²) in [4.78, 5) is 5.16. The Bertz CT molecular complexity index is 433. The summed E-state index contributed by atoms with van der Waals surface area (Å²) in [6.45, 7) is 9.33. The minimum Gasteiger partial charge on any atom is -0.346 e. The van der Waals surface area contributed by atoms with E-state index in [2.05, 4.69) is 26.9 Å². The van der Waals surface area contributed by atoms with Gasteiger partial charge in [-0.25, -0.2) is 0 Å². The fourth-order valence-electron chi connectivity index (χ4n) is 3.56. The van der Waals surface area contributed by atoms with Crippen LogP contribution in [0.4, 0.5) is 5.13 Å². The van der Waals surface area contributed by atoms with E-state index in [9.17, 15) is 0 Å². The van der Waals surface area contributed by atoms with Gasteiger partial charge in [-0.3, -0.25) is 0 Å². The van der Waals surface area contributed by atoms with Gasteiger partial charge in [0.05, 0.1) is 0 Å². The summed E-state index contributed by atoms with van der Waals surface area (Å²) in [5.41, 5.74) is 0. The summed E-state index contributed by atoms with van der Waals surface area (Å²) in [7, 11) is 0. The number of anilines is 1. The molecule has 3 rings (SSSR count). The highest BCUT2D eigenvalue weighted by Crippen LogP contribution is 2.27. The monoisotopic (exact) mass is 294 g/mol. The molecule has 0 N–H and O–H groups in total. The maximum atomic E-state index is 4.32. The molecule has 0 saturated carbocycles. The highest BCUT2D eigenvalue weighted by Gasteiger charge is 2.26. The quantitative estimate of drug-likeness (QED) is 0.858. The first kappa shape index (κ1) is 14.3. The van der Waals surface area contributed by atoms with E-state index in [-0.39, 0.29) is 0 Å². The van der Waals surface area contributed by atoms with Gasteiger partial charge >= 0.3 is 0 Å². The van der Waals surface area contributed by atoms with E-state index < -0.39 is 0 Å². The molecule has 2 atom stereocenters. The summed E-state index contributed by atoms with van der Waals surface area (Å²) in [5.74, 6) is 0.800. The fourth-order valence-corrected chi connectivity index (χ4v) is 4.28. The average Bonchev–Trinajstić information content (AvgIpc) is 2.89. The summed E-state index contributed by atoms with van der Waals surface area (Å²) in [6.07, 6.45) is 6.85. The number of hydrogen-bond acceptors (Lipinski definition) is 5. The Balaban J connectivity index is 1.57. The zero-order valence-electron chi connectivity index (χ0n) is 12.7. The van der Waals surface area contributed by atoms with Gasteiger partial charge in [-0.15, -0.1) is 10.2 Å². The number of piperidine rings is 2. The Morgan fingerprint density at radius 1 is 1.15 bits per heavy atom. The third-order valence-corrected chi connectivity index (χ3v) is 5.64. The van der Waals surface area contributed by atoms with Crippen LogP contribution in [-0.4, -0.2) is 47.3 Å². The Labute approximate surface area is 126 Å². The number of hydrogen-bond donors (Lipinski definition) is 0. The van der Waals surface area contributed by atoms with Crippen molar-refractivity contribution < 1.29 is 0 Å². The van der Waals surface area contributed by atoms with Crippen molar-refractivity contribution in [1.82, 2.24) is 15.1 Å². The molecular formula is C15H26N4S. The first-order chi connectivity index (χ1) is 9.72. The van der Waals surface area contributed by atoms with Crippen molar-refractivity contribution in [2.45, 2.75) is 52.0 Å². The van der Waals surface area contributed by atoms with Crippen molar-refractivity contribution in [2.24, 2.45) is 5.92 Å². The Morgan fingerprint density at radius 3 is 2.80 bits per heavy atom. The molecule has 112 valence electrons. The minimum absolute atomic E-state index is 0.780. The summed E-state index contributed by atoms with van der Waals surface area (Å²) >= 11 is 1.73. The van der Waals surface area contributed by atoms with Crippen LogP contribution in [0, 0.1) is 12.8 Å². The van der Waals surface area contributed by atoms with Gasteiger partial charge in [0.15, 0.2) is 0 Å². The van der Waals surface area contributed by atoms with E-state index in [1.165, 1.54) is 45.2 Å². The van der Waals surface area contributed by atoms with Crippen LogP contribution in [0.5, 0.6) is 0 Å². The molecule has 3 heterocycles. The third-order valence-electron chi connectivity index (χ3n) is 4.74. The van der Waals surface area contributed by atoms with Crippen molar-refractivity contribution in [3.05, 3.63) is 5.01 Å². The van der Waals surface area contributed by atoms with Gasteiger partial charge in [-0.1, -0.05) is 17.8 Å². The summed E-state index contributed by atoms with van der Waals surface area (Å²) < 4.78 is 0. The second kappa shape index (κ2) is 6.39. The van der Waals surface area contributed by atoms with Crippen LogP contribution >= 0.6 is 11.3 Å². The average molecular weight is 294 g/mol. The first-order valence-corrected chi connectivity index (χ1v) is 8.83. The molecule has 2 saturated heterocycles. The Morgan fingerprint density at radius 2 is 2.05 bits per heavy atom. The molecular weight excluding hydrogens is 268 g/mol. The predicted octanol–water partition coefficient (Wildman–Crippen LogP) is 2.94. The maximum Gasteiger partial charge on any atom is 0.208 e. The van der Waals surface area contributed by atoms with Gasteiger partial charge < -0.3 is 9.80 Å². The van der Waals surface area contributed by atoms with Gasteiger partial charge in [0, 0.05) is 25.7 Å². The molecule has 20 heavy (non-hydrogen) atoms. The lowest BCUT2D eigenvalue weighted by Gasteiger charge is -2.39. The molecule has 2 aliphatic heterocycles. The molecule has 0 unspecified atom stereocenters. The zero-order valence-corrected chi connectivity index (χ0v) is 13.5. The van der Waals surface area contributed by atoms with Gasteiger partial charge in [-0.05, 0) is 52.0 Å². The van der Waals surface area contributed by atoms with Crippen molar-refractivity contribution in [1.29, 1.82) is 0 Å². The maximum absolute atomic E-state index is 4.32. The standard InChI is InChI=1S/C15H26N4S/c1-12-6-3-4-8-18(12)10-14-7-5-9-19(11-14)15-17-16-13(2)20-15/h12,14H,3-11H2,1-2H3/t12-,14+/m0/s1. The number of nitrogens with zero attached hydrogens (tertiary/aromatic N) is 4. The van der Waals surface area contributed by atoms with Crippen LogP contribution in [0.15, 0.2) is 0 Å². The molecule has 0 spiro atoms. The molecule has 2 fully saturated rings. The number of likely N-dealkylation sites (tertiary alicyclic amines) is 1. The normalized spacial score (nSPS) is 28.8. The highest BCUT2D eigenvalue weighted by atomic mass is 32.1. The number of rotatable bonds is 3. The largest absolute Gasteiger partial charge is 0.346 e. The van der Waals surface area contributed by atoms with Crippen molar-refractivity contribution in [3.8, 4) is 0 Å². The molecule has 1 aromatic heterocycles. The SMILES string of the molecule is Cc1nnc(N2CCC[C@H](CN3CCCC[C@@H]3C)C2)s1. The van der Waals surface area contributed by atoms with Crippen molar-refractivity contribution in [3.63, 3.8) is 0 Å². The lowest BCUT2D eigenvalue weighted by molar-refractivity contribution is 0.130. The number of aryl methyl sites for hydroxylation is 1. The second-order valence-corrected chi connectivity index (χ2v) is 7.56. The van der Waals surface area contributed by atoms with E-state index >= 15 is 0 Å². The molecule has 1 aromatic rings. The molecule has 0 radical (unpaired) electrons. The molecule has 2 aliphatic rings. The predicted molar refractivity (Wildman–Crippen MR) is 84.5 cm³/mol. The highest BCUT2D eigenvalue weighted by molar-refractivity contribution is 7.15. The van der Waals surface area contributed by atoms with E-state index in [1.54, 1.807) is 11.3 Å². The zero-order chi connectivity index (χ0) is 13.9. The van der Waals surface area contributed by atoms with Crippen LogP contribution in [0.1, 0.15) is 44.0 Å². The van der Waals surface area contributed by atoms with Crippen LogP contribution in [0.25, 0.3) is 0 Å². The van der Waals surface area contributed by atoms with E-state index in [0.717, 1.165) is 35.2 Å².